The van der Waals surface area contributed by atoms with Gasteiger partial charge in [-0.3, -0.25) is 0 Å². The molecule has 256 valence electrons. The van der Waals surface area contributed by atoms with Crippen LogP contribution in [-0.2, 0) is 0 Å². The van der Waals surface area contributed by atoms with Gasteiger partial charge >= 0.3 is 0 Å². The summed E-state index contributed by atoms with van der Waals surface area (Å²) in [5, 5.41) is 9.07. The van der Waals surface area contributed by atoms with Crippen molar-refractivity contribution in [3.05, 3.63) is 182 Å². The van der Waals surface area contributed by atoms with Crippen LogP contribution in [0.15, 0.2) is 186 Å². The third-order valence-corrected chi connectivity index (χ3v) is 10.5. The molecule has 9 aromatic carbocycles. The molecule has 2 aromatic heterocycles. The number of fused-ring (bicyclic) bond motifs is 8. The molecule has 5 heteroatoms. The van der Waals surface area contributed by atoms with E-state index in [4.69, 9.17) is 24.4 Å². The van der Waals surface area contributed by atoms with Crippen LogP contribution in [0.25, 0.3) is 111 Å². The van der Waals surface area contributed by atoms with Crippen LogP contribution in [0.1, 0.15) is 0 Å². The lowest BCUT2D eigenvalue weighted by molar-refractivity contribution is 0.623. The van der Waals surface area contributed by atoms with Gasteiger partial charge in [-0.2, -0.15) is 0 Å². The van der Waals surface area contributed by atoms with Crippen LogP contribution >= 0.6 is 0 Å². The van der Waals surface area contributed by atoms with E-state index in [-0.39, 0.29) is 0 Å². The second kappa shape index (κ2) is 12.6. The number of aromatic nitrogens is 4. The Hall–Kier alpha value is -7.50. The van der Waals surface area contributed by atoms with Crippen molar-refractivity contribution in [2.24, 2.45) is 0 Å². The number of oxazole rings is 1. The maximum Gasteiger partial charge on any atom is 0.227 e. The van der Waals surface area contributed by atoms with Crippen molar-refractivity contribution >= 4 is 54.2 Å². The highest BCUT2D eigenvalue weighted by atomic mass is 16.3. The number of rotatable bonds is 5. The average molecular weight is 703 g/mol. The first kappa shape index (κ1) is 31.1. The number of benzene rings is 9. The molecule has 0 atom stereocenters. The van der Waals surface area contributed by atoms with Gasteiger partial charge in [0.2, 0.25) is 5.89 Å². The fraction of sp³-hybridized carbons (Fsp3) is 0. The highest BCUT2D eigenvalue weighted by Crippen LogP contribution is 2.39. The Morgan fingerprint density at radius 1 is 0.309 bits per heavy atom. The summed E-state index contributed by atoms with van der Waals surface area (Å²) in [4.78, 5) is 20.1. The Kier molecular flexibility index (Phi) is 7.10. The minimum absolute atomic E-state index is 0.616. The number of nitrogens with zero attached hydrogens (tertiary/aromatic N) is 4. The fourth-order valence-corrected chi connectivity index (χ4v) is 7.75. The van der Waals surface area contributed by atoms with Gasteiger partial charge in [0.15, 0.2) is 23.1 Å². The fourth-order valence-electron chi connectivity index (χ4n) is 7.75. The summed E-state index contributed by atoms with van der Waals surface area (Å²) in [5.74, 6) is 2.48. The van der Waals surface area contributed by atoms with Crippen LogP contribution in [0.5, 0.6) is 0 Å². The van der Waals surface area contributed by atoms with Crippen molar-refractivity contribution < 1.29 is 4.42 Å². The van der Waals surface area contributed by atoms with Crippen LogP contribution in [0.3, 0.4) is 0 Å². The van der Waals surface area contributed by atoms with E-state index in [9.17, 15) is 0 Å². The molecule has 0 amide bonds. The smallest absolute Gasteiger partial charge is 0.227 e. The Bertz CT molecular complexity index is 3260. The van der Waals surface area contributed by atoms with Crippen molar-refractivity contribution in [2.45, 2.75) is 0 Å². The lowest BCUT2D eigenvalue weighted by Crippen LogP contribution is -2.00. The first-order valence-corrected chi connectivity index (χ1v) is 18.4. The van der Waals surface area contributed by atoms with E-state index in [2.05, 4.69) is 115 Å². The number of hydrogen-bond acceptors (Lipinski definition) is 5. The van der Waals surface area contributed by atoms with E-state index in [1.165, 1.54) is 10.8 Å². The molecule has 55 heavy (non-hydrogen) atoms. The molecule has 0 saturated carbocycles. The molecule has 5 nitrogen and oxygen atoms in total. The van der Waals surface area contributed by atoms with Gasteiger partial charge in [0.1, 0.15) is 5.52 Å². The first-order valence-electron chi connectivity index (χ1n) is 18.4. The summed E-state index contributed by atoms with van der Waals surface area (Å²) in [6.45, 7) is 0. The molecule has 2 heterocycles. The molecule has 0 radical (unpaired) electrons. The van der Waals surface area contributed by atoms with Crippen molar-refractivity contribution in [2.75, 3.05) is 0 Å². The highest BCUT2D eigenvalue weighted by molar-refractivity contribution is 6.26. The zero-order valence-electron chi connectivity index (χ0n) is 29.5. The molecular weight excluding hydrogens is 673 g/mol. The average Bonchev–Trinajstić information content (AvgIpc) is 3.71. The Labute approximate surface area is 316 Å². The molecule has 0 spiro atoms. The van der Waals surface area contributed by atoms with Crippen molar-refractivity contribution in [1.29, 1.82) is 0 Å². The van der Waals surface area contributed by atoms with Crippen LogP contribution in [-0.4, -0.2) is 19.9 Å². The van der Waals surface area contributed by atoms with Crippen molar-refractivity contribution in [3.63, 3.8) is 0 Å². The molecule has 0 bridgehead atoms. The van der Waals surface area contributed by atoms with Crippen molar-refractivity contribution in [3.8, 4) is 56.7 Å². The Morgan fingerprint density at radius 2 is 0.836 bits per heavy atom. The highest BCUT2D eigenvalue weighted by Gasteiger charge is 2.17. The summed E-state index contributed by atoms with van der Waals surface area (Å²) in [5.41, 5.74) is 7.60. The molecular formula is C50H30N4O. The Morgan fingerprint density at radius 3 is 1.62 bits per heavy atom. The molecule has 0 fully saturated rings. The number of hydrogen-bond donors (Lipinski definition) is 0. The predicted molar refractivity (Wildman–Crippen MR) is 225 cm³/mol. The maximum absolute atomic E-state index is 6.55. The van der Waals surface area contributed by atoms with Crippen LogP contribution in [0.2, 0.25) is 0 Å². The van der Waals surface area contributed by atoms with Gasteiger partial charge in [-0.05, 0) is 79.8 Å². The van der Waals surface area contributed by atoms with E-state index >= 15 is 0 Å². The van der Waals surface area contributed by atoms with Gasteiger partial charge in [0.05, 0.1) is 0 Å². The minimum Gasteiger partial charge on any atom is -0.435 e. The van der Waals surface area contributed by atoms with Gasteiger partial charge < -0.3 is 4.42 Å². The Balaban J connectivity index is 1.07. The minimum atomic E-state index is 0.616. The van der Waals surface area contributed by atoms with Gasteiger partial charge in [0.25, 0.3) is 0 Å². The standard InChI is InChI=1S/C50H30N4O/c1-3-11-34(12-4-1)47-52-48(40-17-9-16-37(29-40)38-22-18-31-10-7-8-15-36(31)28-38)54-49(53-47)41-24-26-42-39(30-41)23-21-32-19-20-33-25-27-43-46(45(33)44(32)42)55-50(51-43)35-13-5-2-6-14-35/h1-30H. The summed E-state index contributed by atoms with van der Waals surface area (Å²) in [6.07, 6.45) is 0. The van der Waals surface area contributed by atoms with E-state index in [0.717, 1.165) is 76.8 Å². The monoisotopic (exact) mass is 702 g/mol. The summed E-state index contributed by atoms with van der Waals surface area (Å²) in [7, 11) is 0. The largest absolute Gasteiger partial charge is 0.435 e. The van der Waals surface area contributed by atoms with Gasteiger partial charge in [0, 0.05) is 33.0 Å². The van der Waals surface area contributed by atoms with Crippen molar-refractivity contribution in [1.82, 2.24) is 19.9 Å². The zero-order chi connectivity index (χ0) is 36.3. The zero-order valence-corrected chi connectivity index (χ0v) is 29.5. The predicted octanol–water partition coefficient (Wildman–Crippen LogP) is 13.0. The second-order valence-electron chi connectivity index (χ2n) is 13.9. The third kappa shape index (κ3) is 5.41. The molecule has 11 aromatic rings. The third-order valence-electron chi connectivity index (χ3n) is 10.5. The SMILES string of the molecule is c1ccc(-c2nc(-c3cccc(-c4ccc5ccccc5c4)c3)nc(-c3ccc4c(ccc5ccc6ccc7nc(-c8ccccc8)oc7c6c54)c3)n2)cc1. The van der Waals surface area contributed by atoms with Crippen LogP contribution in [0, 0.1) is 0 Å². The molecule has 0 aliphatic rings. The normalized spacial score (nSPS) is 11.6. The van der Waals surface area contributed by atoms with Gasteiger partial charge in [-0.15, -0.1) is 0 Å². The lowest BCUT2D eigenvalue weighted by Gasteiger charge is -2.12. The summed E-state index contributed by atoms with van der Waals surface area (Å²) in [6, 6.07) is 63.0. The van der Waals surface area contributed by atoms with Gasteiger partial charge in [-0.1, -0.05) is 146 Å². The summed E-state index contributed by atoms with van der Waals surface area (Å²) < 4.78 is 6.55. The van der Waals surface area contributed by atoms with E-state index in [1.807, 2.05) is 66.7 Å². The second-order valence-corrected chi connectivity index (χ2v) is 13.9. The molecule has 0 aliphatic heterocycles. The van der Waals surface area contributed by atoms with Gasteiger partial charge in [-0.25, -0.2) is 19.9 Å². The van der Waals surface area contributed by atoms with E-state index < -0.39 is 0 Å². The summed E-state index contributed by atoms with van der Waals surface area (Å²) >= 11 is 0. The topological polar surface area (TPSA) is 64.7 Å². The van der Waals surface area contributed by atoms with Crippen LogP contribution in [0.4, 0.5) is 0 Å². The molecule has 0 unspecified atom stereocenters. The van der Waals surface area contributed by atoms with E-state index in [1.54, 1.807) is 0 Å². The molecule has 0 saturated heterocycles. The van der Waals surface area contributed by atoms with E-state index in [0.29, 0.717) is 23.4 Å². The quantitative estimate of drug-likeness (QED) is 0.167. The lowest BCUT2D eigenvalue weighted by atomic mass is 9.95. The molecule has 0 aliphatic carbocycles. The maximum atomic E-state index is 6.55. The first-order chi connectivity index (χ1) is 27.2. The molecule has 0 N–H and O–H groups in total. The molecule has 11 rings (SSSR count). The van der Waals surface area contributed by atoms with Crippen LogP contribution < -0.4 is 0 Å².